The Morgan fingerprint density at radius 2 is 1.88 bits per heavy atom. The van der Waals surface area contributed by atoms with Crippen molar-refractivity contribution in [2.75, 3.05) is 19.1 Å². The van der Waals surface area contributed by atoms with Gasteiger partial charge in [-0.15, -0.1) is 0 Å². The van der Waals surface area contributed by atoms with E-state index < -0.39 is 0 Å². The molecule has 1 aliphatic carbocycles. The number of hydrogen-bond acceptors (Lipinski definition) is 4. The number of hydrogen-bond donors (Lipinski definition) is 0. The van der Waals surface area contributed by atoms with Crippen LogP contribution in [0.3, 0.4) is 0 Å². The van der Waals surface area contributed by atoms with Crippen LogP contribution >= 0.6 is 0 Å². The standard InChI is InChI=1S/C13H21N3O/c1-12(2)10(9-13(12,3)17-5)16(4)11-14-7-6-8-15-11/h6-8,10H,9H2,1-5H3/t10-,13-/m1/s1. The van der Waals surface area contributed by atoms with Gasteiger partial charge >= 0.3 is 0 Å². The first kappa shape index (κ1) is 12.3. The minimum Gasteiger partial charge on any atom is -0.378 e. The number of aromatic nitrogens is 2. The van der Waals surface area contributed by atoms with E-state index in [1.807, 2.05) is 6.07 Å². The molecule has 17 heavy (non-hydrogen) atoms. The molecule has 1 fully saturated rings. The molecule has 0 N–H and O–H groups in total. The molecule has 0 aromatic carbocycles. The molecule has 0 saturated heterocycles. The van der Waals surface area contributed by atoms with Crippen molar-refractivity contribution >= 4 is 5.95 Å². The van der Waals surface area contributed by atoms with Crippen molar-refractivity contribution in [2.45, 2.75) is 38.8 Å². The van der Waals surface area contributed by atoms with E-state index in [1.165, 1.54) is 0 Å². The van der Waals surface area contributed by atoms with Gasteiger partial charge in [0, 0.05) is 38.0 Å². The molecule has 0 unspecified atom stereocenters. The Labute approximate surface area is 103 Å². The smallest absolute Gasteiger partial charge is 0.225 e. The molecule has 4 heteroatoms. The van der Waals surface area contributed by atoms with Gasteiger partial charge in [-0.1, -0.05) is 13.8 Å². The average molecular weight is 235 g/mol. The summed E-state index contributed by atoms with van der Waals surface area (Å²) in [6.07, 6.45) is 4.56. The predicted molar refractivity (Wildman–Crippen MR) is 68.0 cm³/mol. The third-order valence-electron chi connectivity index (χ3n) is 4.56. The molecule has 94 valence electrons. The zero-order valence-corrected chi connectivity index (χ0v) is 11.3. The molecule has 0 amide bonds. The second-order valence-corrected chi connectivity index (χ2v) is 5.54. The summed E-state index contributed by atoms with van der Waals surface area (Å²) >= 11 is 0. The lowest BCUT2D eigenvalue weighted by Crippen LogP contribution is -2.68. The number of rotatable bonds is 3. The molecule has 1 saturated carbocycles. The second kappa shape index (κ2) is 3.95. The fourth-order valence-corrected chi connectivity index (χ4v) is 2.69. The van der Waals surface area contributed by atoms with Crippen LogP contribution in [0.15, 0.2) is 18.5 Å². The van der Waals surface area contributed by atoms with Crippen LogP contribution in [0, 0.1) is 5.41 Å². The summed E-state index contributed by atoms with van der Waals surface area (Å²) in [5.41, 5.74) is 0.0381. The van der Waals surface area contributed by atoms with Gasteiger partial charge in [0.2, 0.25) is 5.95 Å². The minimum atomic E-state index is -0.0549. The van der Waals surface area contributed by atoms with E-state index in [0.717, 1.165) is 12.4 Å². The number of methoxy groups -OCH3 is 1. The van der Waals surface area contributed by atoms with E-state index in [4.69, 9.17) is 4.74 Å². The van der Waals surface area contributed by atoms with Gasteiger partial charge in [0.05, 0.1) is 5.60 Å². The minimum absolute atomic E-state index is 0.0549. The fraction of sp³-hybridized carbons (Fsp3) is 0.692. The van der Waals surface area contributed by atoms with Crippen LogP contribution in [0.4, 0.5) is 5.95 Å². The summed E-state index contributed by atoms with van der Waals surface area (Å²) in [6, 6.07) is 2.25. The molecule has 1 aromatic rings. The Kier molecular flexibility index (Phi) is 2.86. The van der Waals surface area contributed by atoms with E-state index in [-0.39, 0.29) is 11.0 Å². The van der Waals surface area contributed by atoms with Crippen LogP contribution in [-0.2, 0) is 4.74 Å². The summed E-state index contributed by atoms with van der Waals surface area (Å²) < 4.78 is 5.64. The Morgan fingerprint density at radius 1 is 1.29 bits per heavy atom. The number of anilines is 1. The van der Waals surface area contributed by atoms with E-state index in [2.05, 4.69) is 42.7 Å². The number of nitrogens with zero attached hydrogens (tertiary/aromatic N) is 3. The molecule has 0 radical (unpaired) electrons. The quantitative estimate of drug-likeness (QED) is 0.804. The summed E-state index contributed by atoms with van der Waals surface area (Å²) in [5.74, 6) is 0.781. The predicted octanol–water partition coefficient (Wildman–Crippen LogP) is 2.12. The van der Waals surface area contributed by atoms with Gasteiger partial charge in [-0.2, -0.15) is 0 Å². The highest BCUT2D eigenvalue weighted by Crippen LogP contribution is 2.53. The van der Waals surface area contributed by atoms with Crippen molar-refractivity contribution < 1.29 is 4.74 Å². The van der Waals surface area contributed by atoms with Crippen molar-refractivity contribution in [3.63, 3.8) is 0 Å². The molecule has 4 nitrogen and oxygen atoms in total. The third kappa shape index (κ3) is 1.71. The Balaban J connectivity index is 2.17. The van der Waals surface area contributed by atoms with Crippen LogP contribution in [0.25, 0.3) is 0 Å². The van der Waals surface area contributed by atoms with Crippen molar-refractivity contribution in [3.05, 3.63) is 18.5 Å². The maximum atomic E-state index is 5.64. The molecule has 0 bridgehead atoms. The van der Waals surface area contributed by atoms with Gasteiger partial charge in [-0.05, 0) is 19.4 Å². The second-order valence-electron chi connectivity index (χ2n) is 5.54. The van der Waals surface area contributed by atoms with Crippen molar-refractivity contribution in [3.8, 4) is 0 Å². The summed E-state index contributed by atoms with van der Waals surface area (Å²) in [7, 11) is 3.84. The molecule has 1 aliphatic rings. The first-order valence-corrected chi connectivity index (χ1v) is 5.97. The lowest BCUT2D eigenvalue weighted by Gasteiger charge is -2.61. The topological polar surface area (TPSA) is 38.2 Å². The molecule has 1 aromatic heterocycles. The molecule has 2 atom stereocenters. The van der Waals surface area contributed by atoms with Crippen LogP contribution in [-0.4, -0.2) is 35.8 Å². The van der Waals surface area contributed by atoms with E-state index in [0.29, 0.717) is 6.04 Å². The normalized spacial score (nSPS) is 30.8. The Morgan fingerprint density at radius 3 is 2.35 bits per heavy atom. The molecular weight excluding hydrogens is 214 g/mol. The van der Waals surface area contributed by atoms with Gasteiger partial charge in [0.15, 0.2) is 0 Å². The first-order chi connectivity index (χ1) is 7.92. The van der Waals surface area contributed by atoms with Gasteiger partial charge in [-0.25, -0.2) is 9.97 Å². The Hall–Kier alpha value is -1.16. The van der Waals surface area contributed by atoms with Gasteiger partial charge < -0.3 is 9.64 Å². The van der Waals surface area contributed by atoms with E-state index >= 15 is 0 Å². The van der Waals surface area contributed by atoms with Crippen LogP contribution in [0.5, 0.6) is 0 Å². The van der Waals surface area contributed by atoms with Crippen LogP contribution in [0.2, 0.25) is 0 Å². The third-order valence-corrected chi connectivity index (χ3v) is 4.56. The molecular formula is C13H21N3O. The molecule has 2 rings (SSSR count). The number of ether oxygens (including phenoxy) is 1. The first-order valence-electron chi connectivity index (χ1n) is 5.97. The van der Waals surface area contributed by atoms with Gasteiger partial charge in [0.1, 0.15) is 0 Å². The highest BCUT2D eigenvalue weighted by molar-refractivity contribution is 5.34. The monoisotopic (exact) mass is 235 g/mol. The van der Waals surface area contributed by atoms with E-state index in [9.17, 15) is 0 Å². The van der Waals surface area contributed by atoms with E-state index in [1.54, 1.807) is 19.5 Å². The van der Waals surface area contributed by atoms with Crippen molar-refractivity contribution in [2.24, 2.45) is 5.41 Å². The van der Waals surface area contributed by atoms with Crippen LogP contribution < -0.4 is 4.90 Å². The lowest BCUT2D eigenvalue weighted by atomic mass is 9.55. The molecule has 1 heterocycles. The summed E-state index contributed by atoms with van der Waals surface area (Å²) in [6.45, 7) is 6.65. The highest BCUT2D eigenvalue weighted by Gasteiger charge is 2.59. The van der Waals surface area contributed by atoms with Crippen LogP contribution in [0.1, 0.15) is 27.2 Å². The van der Waals surface area contributed by atoms with Gasteiger partial charge in [-0.3, -0.25) is 0 Å². The maximum Gasteiger partial charge on any atom is 0.225 e. The van der Waals surface area contributed by atoms with Crippen molar-refractivity contribution in [1.29, 1.82) is 0 Å². The SMILES string of the molecule is CO[C@]1(C)C[C@@H](N(C)c2ncccn2)C1(C)C. The van der Waals surface area contributed by atoms with Gasteiger partial charge in [0.25, 0.3) is 0 Å². The zero-order chi connectivity index (χ0) is 12.7. The Bertz CT molecular complexity index is 393. The zero-order valence-electron chi connectivity index (χ0n) is 11.3. The largest absolute Gasteiger partial charge is 0.378 e. The average Bonchev–Trinajstić information content (AvgIpc) is 2.35. The molecule has 0 aliphatic heterocycles. The summed E-state index contributed by atoms with van der Waals surface area (Å²) in [5, 5.41) is 0. The highest BCUT2D eigenvalue weighted by atomic mass is 16.5. The van der Waals surface area contributed by atoms with Crippen molar-refractivity contribution in [1.82, 2.24) is 9.97 Å². The lowest BCUT2D eigenvalue weighted by molar-refractivity contribution is -0.172. The maximum absolute atomic E-state index is 5.64. The fourth-order valence-electron chi connectivity index (χ4n) is 2.69. The summed E-state index contributed by atoms with van der Waals surface area (Å²) in [4.78, 5) is 10.7. The molecule has 0 spiro atoms.